The fraction of sp³-hybridized carbons (Fsp3) is 0.588. The lowest BCUT2D eigenvalue weighted by Crippen LogP contribution is -2.37. The normalized spacial score (nSPS) is 17.7. The van der Waals surface area contributed by atoms with Gasteiger partial charge in [-0.05, 0) is 44.5 Å². The molecule has 21 heavy (non-hydrogen) atoms. The van der Waals surface area contributed by atoms with E-state index in [4.69, 9.17) is 0 Å². The molecule has 1 aliphatic rings. The molecule has 1 aromatic rings. The van der Waals surface area contributed by atoms with Crippen LogP contribution in [0.15, 0.2) is 24.3 Å². The third kappa shape index (κ3) is 4.74. The van der Waals surface area contributed by atoms with Crippen LogP contribution in [0.2, 0.25) is 0 Å². The topological polar surface area (TPSA) is 44.4 Å². The number of likely N-dealkylation sites (tertiary alicyclic amines) is 1. The molecule has 0 spiro atoms. The van der Waals surface area contributed by atoms with Crippen LogP contribution in [0.25, 0.3) is 0 Å². The van der Waals surface area contributed by atoms with Gasteiger partial charge in [-0.2, -0.15) is 0 Å². The van der Waals surface area contributed by atoms with E-state index < -0.39 is 0 Å². The van der Waals surface area contributed by atoms with E-state index in [2.05, 4.69) is 29.7 Å². The average Bonchev–Trinajstić information content (AvgIpc) is 2.46. The van der Waals surface area contributed by atoms with Crippen LogP contribution in [0, 0.1) is 0 Å². The van der Waals surface area contributed by atoms with Crippen LogP contribution >= 0.6 is 0 Å². The lowest BCUT2D eigenvalue weighted by Gasteiger charge is -2.25. The van der Waals surface area contributed by atoms with E-state index in [0.29, 0.717) is 6.04 Å². The molecule has 1 unspecified atom stereocenters. The molecule has 2 N–H and O–H groups in total. The van der Waals surface area contributed by atoms with Gasteiger partial charge in [0.1, 0.15) is 0 Å². The second-order valence-corrected chi connectivity index (χ2v) is 5.82. The zero-order valence-electron chi connectivity index (χ0n) is 13.2. The average molecular weight is 289 g/mol. The van der Waals surface area contributed by atoms with Crippen molar-refractivity contribution in [1.29, 1.82) is 0 Å². The van der Waals surface area contributed by atoms with Gasteiger partial charge in [0.25, 0.3) is 0 Å². The lowest BCUT2D eigenvalue weighted by atomic mass is 10.1. The summed E-state index contributed by atoms with van der Waals surface area (Å²) >= 11 is 0. The molecule has 1 heterocycles. The van der Waals surface area contributed by atoms with Gasteiger partial charge in [0.05, 0.1) is 0 Å². The minimum atomic E-state index is 0.0336. The summed E-state index contributed by atoms with van der Waals surface area (Å²) in [6.45, 7) is 3.87. The summed E-state index contributed by atoms with van der Waals surface area (Å²) in [7, 11) is 1.95. The van der Waals surface area contributed by atoms with Crippen LogP contribution in [0.3, 0.4) is 0 Å². The third-order valence-electron chi connectivity index (χ3n) is 4.24. The number of carbonyl (C=O) groups is 1. The first-order valence-corrected chi connectivity index (χ1v) is 8.04. The standard InChI is InChI=1S/C17H27N3O/c1-14(18-2)15-8-10-16(11-9-15)19-17(21)20-12-6-4-3-5-7-13-20/h8-11,14,18H,3-7,12-13H2,1-2H3,(H,19,21). The van der Waals surface area contributed by atoms with Crippen LogP contribution in [-0.2, 0) is 0 Å². The van der Waals surface area contributed by atoms with Crippen molar-refractivity contribution in [2.45, 2.75) is 45.1 Å². The molecule has 0 aliphatic carbocycles. The Morgan fingerprint density at radius 2 is 1.62 bits per heavy atom. The molecular weight excluding hydrogens is 262 g/mol. The summed E-state index contributed by atoms with van der Waals surface area (Å²) in [4.78, 5) is 14.3. The van der Waals surface area contributed by atoms with E-state index >= 15 is 0 Å². The van der Waals surface area contributed by atoms with Crippen molar-refractivity contribution in [1.82, 2.24) is 10.2 Å². The molecule has 1 saturated heterocycles. The number of nitrogens with one attached hydrogen (secondary N) is 2. The Kier molecular flexibility index (Phi) is 6.05. The first-order chi connectivity index (χ1) is 10.2. The Balaban J connectivity index is 1.92. The highest BCUT2D eigenvalue weighted by Crippen LogP contribution is 2.17. The number of amides is 2. The van der Waals surface area contributed by atoms with Crippen molar-refractivity contribution in [3.05, 3.63) is 29.8 Å². The van der Waals surface area contributed by atoms with Crippen LogP contribution in [0.1, 0.15) is 50.6 Å². The van der Waals surface area contributed by atoms with Crippen LogP contribution in [-0.4, -0.2) is 31.1 Å². The summed E-state index contributed by atoms with van der Waals surface area (Å²) in [6, 6.07) is 8.43. The Hall–Kier alpha value is -1.55. The molecule has 4 heteroatoms. The summed E-state index contributed by atoms with van der Waals surface area (Å²) in [6.07, 6.45) is 6.01. The lowest BCUT2D eigenvalue weighted by molar-refractivity contribution is 0.206. The van der Waals surface area contributed by atoms with Gasteiger partial charge in [0.15, 0.2) is 0 Å². The molecular formula is C17H27N3O. The summed E-state index contributed by atoms with van der Waals surface area (Å²) < 4.78 is 0. The SMILES string of the molecule is CNC(C)c1ccc(NC(=O)N2CCCCCCC2)cc1. The molecule has 4 nitrogen and oxygen atoms in total. The highest BCUT2D eigenvalue weighted by atomic mass is 16.2. The predicted octanol–water partition coefficient (Wildman–Crippen LogP) is 3.77. The van der Waals surface area contributed by atoms with Gasteiger partial charge in [0, 0.05) is 24.8 Å². The summed E-state index contributed by atoms with van der Waals surface area (Å²) in [5.74, 6) is 0. The maximum atomic E-state index is 12.3. The van der Waals surface area contributed by atoms with Crippen LogP contribution in [0.4, 0.5) is 10.5 Å². The van der Waals surface area contributed by atoms with E-state index in [9.17, 15) is 4.79 Å². The van der Waals surface area contributed by atoms with E-state index in [-0.39, 0.29) is 6.03 Å². The summed E-state index contributed by atoms with van der Waals surface area (Å²) in [5.41, 5.74) is 2.09. The van der Waals surface area contributed by atoms with E-state index in [1.54, 1.807) is 0 Å². The molecule has 0 aromatic heterocycles. The van der Waals surface area contributed by atoms with Crippen LogP contribution in [0.5, 0.6) is 0 Å². The van der Waals surface area contributed by atoms with Gasteiger partial charge in [-0.3, -0.25) is 0 Å². The van der Waals surface area contributed by atoms with Crippen molar-refractivity contribution in [3.8, 4) is 0 Å². The van der Waals surface area contributed by atoms with E-state index in [1.165, 1.54) is 24.8 Å². The van der Waals surface area contributed by atoms with Gasteiger partial charge in [-0.1, -0.05) is 31.4 Å². The zero-order chi connectivity index (χ0) is 15.1. The van der Waals surface area contributed by atoms with Gasteiger partial charge in [0.2, 0.25) is 0 Å². The number of nitrogens with zero attached hydrogens (tertiary/aromatic N) is 1. The van der Waals surface area contributed by atoms with Gasteiger partial charge >= 0.3 is 6.03 Å². The Labute approximate surface area is 127 Å². The van der Waals surface area contributed by atoms with Crippen molar-refractivity contribution in [3.63, 3.8) is 0 Å². The fourth-order valence-electron chi connectivity index (χ4n) is 2.67. The first kappa shape index (κ1) is 15.8. The quantitative estimate of drug-likeness (QED) is 0.889. The molecule has 2 rings (SSSR count). The second-order valence-electron chi connectivity index (χ2n) is 5.82. The fourth-order valence-corrected chi connectivity index (χ4v) is 2.67. The largest absolute Gasteiger partial charge is 0.325 e. The first-order valence-electron chi connectivity index (χ1n) is 8.04. The number of hydrogen-bond acceptors (Lipinski definition) is 2. The number of urea groups is 1. The molecule has 1 aromatic carbocycles. The predicted molar refractivity (Wildman–Crippen MR) is 87.6 cm³/mol. The Morgan fingerprint density at radius 1 is 1.05 bits per heavy atom. The Bertz CT molecular complexity index is 436. The highest BCUT2D eigenvalue weighted by molar-refractivity contribution is 5.89. The number of rotatable bonds is 3. The molecule has 0 bridgehead atoms. The van der Waals surface area contributed by atoms with Crippen molar-refractivity contribution >= 4 is 11.7 Å². The molecule has 0 radical (unpaired) electrons. The Morgan fingerprint density at radius 3 is 2.19 bits per heavy atom. The molecule has 2 amide bonds. The van der Waals surface area contributed by atoms with E-state index in [1.807, 2.05) is 24.1 Å². The third-order valence-corrected chi connectivity index (χ3v) is 4.24. The van der Waals surface area contributed by atoms with Crippen LogP contribution < -0.4 is 10.6 Å². The maximum absolute atomic E-state index is 12.3. The smallest absolute Gasteiger partial charge is 0.321 e. The molecule has 1 fully saturated rings. The monoisotopic (exact) mass is 289 g/mol. The second kappa shape index (κ2) is 8.03. The number of anilines is 1. The molecule has 0 saturated carbocycles. The minimum absolute atomic E-state index is 0.0336. The van der Waals surface area contributed by atoms with E-state index in [0.717, 1.165) is 31.6 Å². The number of carbonyl (C=O) groups excluding carboxylic acids is 1. The maximum Gasteiger partial charge on any atom is 0.321 e. The molecule has 116 valence electrons. The van der Waals surface area contributed by atoms with Crippen molar-refractivity contribution in [2.75, 3.05) is 25.5 Å². The van der Waals surface area contributed by atoms with Gasteiger partial charge in [-0.15, -0.1) is 0 Å². The molecule has 1 aliphatic heterocycles. The number of hydrogen-bond donors (Lipinski definition) is 2. The van der Waals surface area contributed by atoms with Gasteiger partial charge in [-0.25, -0.2) is 4.79 Å². The van der Waals surface area contributed by atoms with Gasteiger partial charge < -0.3 is 15.5 Å². The zero-order valence-corrected chi connectivity index (χ0v) is 13.2. The van der Waals surface area contributed by atoms with Crippen molar-refractivity contribution < 1.29 is 4.79 Å². The number of benzene rings is 1. The molecule has 1 atom stereocenters. The minimum Gasteiger partial charge on any atom is -0.325 e. The summed E-state index contributed by atoms with van der Waals surface area (Å²) in [5, 5.41) is 6.22. The highest BCUT2D eigenvalue weighted by Gasteiger charge is 2.14. The van der Waals surface area contributed by atoms with Crippen molar-refractivity contribution in [2.24, 2.45) is 0 Å².